The highest BCUT2D eigenvalue weighted by atomic mass is 16.6. The lowest BCUT2D eigenvalue weighted by molar-refractivity contribution is -0.0656. The number of ether oxygens (including phenoxy) is 3. The van der Waals surface area contributed by atoms with Crippen molar-refractivity contribution >= 4 is 5.97 Å². The Morgan fingerprint density at radius 2 is 1.93 bits per heavy atom. The van der Waals surface area contributed by atoms with Crippen LogP contribution in [-0.2, 0) is 9.47 Å². The topological polar surface area (TPSA) is 110 Å². The lowest BCUT2D eigenvalue weighted by Crippen LogP contribution is -2.36. The highest BCUT2D eigenvalue weighted by molar-refractivity contribution is 5.89. The molecule has 1 unspecified atom stereocenters. The van der Waals surface area contributed by atoms with Gasteiger partial charge in [0.05, 0.1) is 18.9 Å². The molecule has 10 heteroatoms. The van der Waals surface area contributed by atoms with E-state index in [0.29, 0.717) is 5.56 Å². The molecule has 3 rings (SSSR count). The zero-order valence-electron chi connectivity index (χ0n) is 15.6. The molecule has 2 atom stereocenters. The minimum absolute atomic E-state index is 0.185. The van der Waals surface area contributed by atoms with E-state index in [9.17, 15) is 9.59 Å². The number of nitrogens with zero attached hydrogens (tertiary/aromatic N) is 5. The van der Waals surface area contributed by atoms with Crippen LogP contribution in [0.4, 0.5) is 0 Å². The van der Waals surface area contributed by atoms with E-state index < -0.39 is 24.0 Å². The summed E-state index contributed by atoms with van der Waals surface area (Å²) in [7, 11) is 2.84. The fourth-order valence-electron chi connectivity index (χ4n) is 2.65. The molecule has 0 aliphatic carbocycles. The molecule has 28 heavy (non-hydrogen) atoms. The van der Waals surface area contributed by atoms with E-state index in [2.05, 4.69) is 15.1 Å². The third-order valence-corrected chi connectivity index (χ3v) is 3.97. The van der Waals surface area contributed by atoms with Crippen LogP contribution < -0.4 is 10.4 Å². The van der Waals surface area contributed by atoms with Gasteiger partial charge >= 0.3 is 11.7 Å². The summed E-state index contributed by atoms with van der Waals surface area (Å²) in [6, 6.07) is 8.54. The molecule has 0 saturated carbocycles. The molecule has 146 valence electrons. The van der Waals surface area contributed by atoms with Crippen LogP contribution in [0.3, 0.4) is 0 Å². The molecule has 0 saturated heterocycles. The second-order valence-electron chi connectivity index (χ2n) is 5.77. The standard InChI is InChI=1S/C18H19N5O5/c1-12(28-17(24)13-7-5-4-6-8-13)16(27-3)22-9-14(26-2)15(21-18(22)25)23-11-19-10-20-23/h4-12,16H,1-3H3/t12?,16-/m1/s1. The van der Waals surface area contributed by atoms with Gasteiger partial charge in [-0.3, -0.25) is 4.57 Å². The van der Waals surface area contributed by atoms with Gasteiger partial charge in [-0.1, -0.05) is 18.2 Å². The number of aromatic nitrogens is 5. The molecule has 0 aliphatic heterocycles. The van der Waals surface area contributed by atoms with Crippen molar-refractivity contribution in [3.8, 4) is 11.6 Å². The Bertz CT molecular complexity index is 987. The zero-order valence-corrected chi connectivity index (χ0v) is 15.6. The maximum Gasteiger partial charge on any atom is 0.352 e. The fraction of sp³-hybridized carbons (Fsp3) is 0.278. The Morgan fingerprint density at radius 3 is 2.54 bits per heavy atom. The van der Waals surface area contributed by atoms with E-state index in [-0.39, 0.29) is 11.6 Å². The van der Waals surface area contributed by atoms with Gasteiger partial charge in [0.15, 0.2) is 12.0 Å². The normalized spacial score (nSPS) is 13.0. The molecule has 3 aromatic rings. The van der Waals surface area contributed by atoms with E-state index in [1.807, 2.05) is 0 Å². The van der Waals surface area contributed by atoms with Gasteiger partial charge in [0.1, 0.15) is 18.8 Å². The van der Waals surface area contributed by atoms with Crippen molar-refractivity contribution in [1.29, 1.82) is 0 Å². The summed E-state index contributed by atoms with van der Waals surface area (Å²) < 4.78 is 18.7. The van der Waals surface area contributed by atoms with E-state index in [1.54, 1.807) is 37.3 Å². The number of hydrogen-bond donors (Lipinski definition) is 0. The van der Waals surface area contributed by atoms with Gasteiger partial charge in [-0.25, -0.2) is 14.6 Å². The summed E-state index contributed by atoms with van der Waals surface area (Å²) in [5.74, 6) is -0.0684. The molecule has 0 amide bonds. The first-order valence-electron chi connectivity index (χ1n) is 8.36. The van der Waals surface area contributed by atoms with Crippen LogP contribution in [0.2, 0.25) is 0 Å². The van der Waals surface area contributed by atoms with E-state index in [1.165, 1.54) is 42.3 Å². The number of benzene rings is 1. The fourth-order valence-corrected chi connectivity index (χ4v) is 2.65. The van der Waals surface area contributed by atoms with Crippen molar-refractivity contribution in [1.82, 2.24) is 24.3 Å². The monoisotopic (exact) mass is 385 g/mol. The quantitative estimate of drug-likeness (QED) is 0.558. The van der Waals surface area contributed by atoms with Crippen LogP contribution in [0.1, 0.15) is 23.5 Å². The first kappa shape index (κ1) is 19.2. The predicted octanol–water partition coefficient (Wildman–Crippen LogP) is 1.22. The van der Waals surface area contributed by atoms with Crippen LogP contribution in [0.25, 0.3) is 5.82 Å². The maximum absolute atomic E-state index is 12.6. The highest BCUT2D eigenvalue weighted by Gasteiger charge is 2.26. The van der Waals surface area contributed by atoms with Crippen LogP contribution in [0, 0.1) is 0 Å². The summed E-state index contributed by atoms with van der Waals surface area (Å²) in [5.41, 5.74) is -0.227. The van der Waals surface area contributed by atoms with Gasteiger partial charge < -0.3 is 14.2 Å². The molecule has 0 spiro atoms. The Kier molecular flexibility index (Phi) is 5.80. The summed E-state index contributed by atoms with van der Waals surface area (Å²) in [4.78, 5) is 32.7. The van der Waals surface area contributed by atoms with Gasteiger partial charge in [0, 0.05) is 7.11 Å². The average Bonchev–Trinajstić information content (AvgIpc) is 3.24. The van der Waals surface area contributed by atoms with Crippen molar-refractivity contribution in [2.24, 2.45) is 0 Å². The van der Waals surface area contributed by atoms with Crippen molar-refractivity contribution in [2.45, 2.75) is 19.3 Å². The number of carbonyl (C=O) groups excluding carboxylic acids is 1. The van der Waals surface area contributed by atoms with Crippen LogP contribution in [0.15, 0.2) is 54.0 Å². The molecule has 0 N–H and O–H groups in total. The van der Waals surface area contributed by atoms with Crippen LogP contribution in [0.5, 0.6) is 5.75 Å². The van der Waals surface area contributed by atoms with Crippen molar-refractivity contribution < 1.29 is 19.0 Å². The lowest BCUT2D eigenvalue weighted by Gasteiger charge is -2.25. The zero-order chi connectivity index (χ0) is 20.1. The van der Waals surface area contributed by atoms with Crippen LogP contribution in [-0.4, -0.2) is 50.6 Å². The molecule has 10 nitrogen and oxygen atoms in total. The SMILES string of the molecule is COc1cn([C@H](OC)C(C)OC(=O)c2ccccc2)c(=O)nc1-n1cncn1. The number of rotatable bonds is 7. The third-order valence-electron chi connectivity index (χ3n) is 3.97. The average molecular weight is 385 g/mol. The number of esters is 1. The van der Waals surface area contributed by atoms with Gasteiger partial charge in [0.2, 0.25) is 5.82 Å². The van der Waals surface area contributed by atoms with Crippen molar-refractivity contribution in [3.63, 3.8) is 0 Å². The molecule has 2 aromatic heterocycles. The van der Waals surface area contributed by atoms with E-state index in [0.717, 1.165) is 0 Å². The van der Waals surface area contributed by atoms with Crippen molar-refractivity contribution in [2.75, 3.05) is 14.2 Å². The second-order valence-corrected chi connectivity index (χ2v) is 5.77. The predicted molar refractivity (Wildman–Crippen MR) is 97.3 cm³/mol. The number of hydrogen-bond acceptors (Lipinski definition) is 8. The maximum atomic E-state index is 12.6. The van der Waals surface area contributed by atoms with Gasteiger partial charge in [-0.15, -0.1) is 0 Å². The molecule has 2 heterocycles. The Balaban J connectivity index is 1.89. The largest absolute Gasteiger partial charge is 0.491 e. The first-order valence-corrected chi connectivity index (χ1v) is 8.36. The number of carbonyl (C=O) groups is 1. The molecule has 0 fully saturated rings. The summed E-state index contributed by atoms with van der Waals surface area (Å²) in [6.45, 7) is 1.62. The smallest absolute Gasteiger partial charge is 0.352 e. The summed E-state index contributed by atoms with van der Waals surface area (Å²) in [6.07, 6.45) is 2.45. The molecule has 0 aliphatic rings. The Hall–Kier alpha value is -3.53. The van der Waals surface area contributed by atoms with E-state index >= 15 is 0 Å². The number of methoxy groups -OCH3 is 2. The van der Waals surface area contributed by atoms with Gasteiger partial charge in [-0.2, -0.15) is 14.8 Å². The molecule has 0 bridgehead atoms. The molecule has 1 aromatic carbocycles. The Morgan fingerprint density at radius 1 is 1.18 bits per heavy atom. The summed E-state index contributed by atoms with van der Waals surface area (Å²) in [5, 5.41) is 3.95. The van der Waals surface area contributed by atoms with Gasteiger partial charge in [0.25, 0.3) is 0 Å². The second kappa shape index (κ2) is 8.44. The first-order chi connectivity index (χ1) is 13.5. The highest BCUT2D eigenvalue weighted by Crippen LogP contribution is 2.21. The third kappa shape index (κ3) is 3.91. The van der Waals surface area contributed by atoms with E-state index in [4.69, 9.17) is 14.2 Å². The summed E-state index contributed by atoms with van der Waals surface area (Å²) >= 11 is 0. The Labute approximate surface area is 160 Å². The lowest BCUT2D eigenvalue weighted by atomic mass is 10.2. The minimum Gasteiger partial charge on any atom is -0.491 e. The molecular weight excluding hydrogens is 366 g/mol. The molecular formula is C18H19N5O5. The van der Waals surface area contributed by atoms with Gasteiger partial charge in [-0.05, 0) is 19.1 Å². The van der Waals surface area contributed by atoms with Crippen molar-refractivity contribution in [3.05, 3.63) is 65.2 Å². The minimum atomic E-state index is -0.911. The molecule has 0 radical (unpaired) electrons. The van der Waals surface area contributed by atoms with Crippen LogP contribution >= 0.6 is 0 Å².